The first kappa shape index (κ1) is 12.0. The van der Waals surface area contributed by atoms with E-state index in [9.17, 15) is 0 Å². The second kappa shape index (κ2) is 6.41. The van der Waals surface area contributed by atoms with Crippen LogP contribution >= 0.6 is 0 Å². The number of nitrogens with one attached hydrogen (secondary N) is 1. The highest BCUT2D eigenvalue weighted by Gasteiger charge is 2.25. The highest BCUT2D eigenvalue weighted by atomic mass is 15.2. The number of hydrogen-bond donors (Lipinski definition) is 1. The lowest BCUT2D eigenvalue weighted by Crippen LogP contribution is -2.35. The van der Waals surface area contributed by atoms with Gasteiger partial charge in [0.25, 0.3) is 0 Å². The summed E-state index contributed by atoms with van der Waals surface area (Å²) >= 11 is 0. The topological polar surface area (TPSA) is 15.3 Å². The van der Waals surface area contributed by atoms with Crippen LogP contribution in [0.25, 0.3) is 0 Å². The Morgan fingerprint density at radius 3 is 2.86 bits per heavy atom. The van der Waals surface area contributed by atoms with Crippen LogP contribution in [0.3, 0.4) is 0 Å². The van der Waals surface area contributed by atoms with Gasteiger partial charge >= 0.3 is 0 Å². The van der Waals surface area contributed by atoms with Crippen LogP contribution in [0.5, 0.6) is 0 Å². The van der Waals surface area contributed by atoms with Gasteiger partial charge in [0, 0.05) is 6.04 Å². The van der Waals surface area contributed by atoms with E-state index in [1.807, 2.05) is 0 Å². The monoisotopic (exact) mass is 198 g/mol. The summed E-state index contributed by atoms with van der Waals surface area (Å²) in [7, 11) is 0. The van der Waals surface area contributed by atoms with Crippen molar-refractivity contribution >= 4 is 0 Å². The Labute approximate surface area is 89.1 Å². The third kappa shape index (κ3) is 3.58. The lowest BCUT2D eigenvalue weighted by molar-refractivity contribution is 0.204. The van der Waals surface area contributed by atoms with E-state index in [1.54, 1.807) is 0 Å². The van der Waals surface area contributed by atoms with Gasteiger partial charge in [0.2, 0.25) is 0 Å². The molecule has 14 heavy (non-hydrogen) atoms. The SMILES string of the molecule is CCNCCCN1CCCC1C(C)C. The molecule has 0 bridgehead atoms. The molecule has 0 aromatic rings. The minimum Gasteiger partial charge on any atom is -0.317 e. The van der Waals surface area contributed by atoms with Gasteiger partial charge in [0.05, 0.1) is 0 Å². The van der Waals surface area contributed by atoms with Gasteiger partial charge in [-0.15, -0.1) is 0 Å². The van der Waals surface area contributed by atoms with Gasteiger partial charge < -0.3 is 10.2 Å². The van der Waals surface area contributed by atoms with E-state index in [-0.39, 0.29) is 0 Å². The molecule has 0 amide bonds. The van der Waals surface area contributed by atoms with Crippen LogP contribution in [0.15, 0.2) is 0 Å². The Bertz CT molecular complexity index is 145. The smallest absolute Gasteiger partial charge is 0.0119 e. The van der Waals surface area contributed by atoms with Crippen LogP contribution in [0.4, 0.5) is 0 Å². The van der Waals surface area contributed by atoms with Crippen molar-refractivity contribution in [3.8, 4) is 0 Å². The van der Waals surface area contributed by atoms with E-state index in [4.69, 9.17) is 0 Å². The summed E-state index contributed by atoms with van der Waals surface area (Å²) in [5, 5.41) is 3.39. The molecule has 1 N–H and O–H groups in total. The minimum absolute atomic E-state index is 0.830. The molecule has 1 heterocycles. The number of hydrogen-bond acceptors (Lipinski definition) is 2. The second-order valence-corrected chi connectivity index (χ2v) is 4.70. The van der Waals surface area contributed by atoms with Crippen LogP contribution in [0, 0.1) is 5.92 Å². The van der Waals surface area contributed by atoms with E-state index in [0.29, 0.717) is 0 Å². The molecule has 1 rings (SSSR count). The maximum Gasteiger partial charge on any atom is 0.0119 e. The van der Waals surface area contributed by atoms with Crippen molar-refractivity contribution in [2.75, 3.05) is 26.2 Å². The second-order valence-electron chi connectivity index (χ2n) is 4.70. The molecule has 0 saturated carbocycles. The largest absolute Gasteiger partial charge is 0.317 e. The third-order valence-corrected chi connectivity index (χ3v) is 3.23. The van der Waals surface area contributed by atoms with Gasteiger partial charge in [0.1, 0.15) is 0 Å². The zero-order chi connectivity index (χ0) is 10.4. The van der Waals surface area contributed by atoms with E-state index < -0.39 is 0 Å². The Kier molecular flexibility index (Phi) is 5.49. The first-order valence-corrected chi connectivity index (χ1v) is 6.20. The molecule has 84 valence electrons. The van der Waals surface area contributed by atoms with Gasteiger partial charge in [-0.1, -0.05) is 20.8 Å². The molecular formula is C12H26N2. The van der Waals surface area contributed by atoms with Gasteiger partial charge in [0.15, 0.2) is 0 Å². The third-order valence-electron chi connectivity index (χ3n) is 3.23. The van der Waals surface area contributed by atoms with Crippen molar-refractivity contribution in [3.63, 3.8) is 0 Å². The fraction of sp³-hybridized carbons (Fsp3) is 1.00. The zero-order valence-electron chi connectivity index (χ0n) is 10.1. The maximum absolute atomic E-state index is 3.39. The molecule has 0 radical (unpaired) electrons. The summed E-state index contributed by atoms with van der Waals surface area (Å²) in [5.74, 6) is 0.830. The first-order valence-electron chi connectivity index (χ1n) is 6.20. The fourth-order valence-corrected chi connectivity index (χ4v) is 2.47. The number of likely N-dealkylation sites (tertiary alicyclic amines) is 1. The van der Waals surface area contributed by atoms with E-state index >= 15 is 0 Å². The van der Waals surface area contributed by atoms with Crippen molar-refractivity contribution in [1.29, 1.82) is 0 Å². The van der Waals surface area contributed by atoms with Crippen LogP contribution in [-0.4, -0.2) is 37.1 Å². The van der Waals surface area contributed by atoms with Crippen molar-refractivity contribution < 1.29 is 0 Å². The molecule has 1 unspecified atom stereocenters. The Hall–Kier alpha value is -0.0800. The van der Waals surface area contributed by atoms with Gasteiger partial charge in [-0.05, 0) is 51.4 Å². The lowest BCUT2D eigenvalue weighted by atomic mass is 10.0. The predicted molar refractivity (Wildman–Crippen MR) is 62.6 cm³/mol. The Balaban J connectivity index is 2.16. The summed E-state index contributed by atoms with van der Waals surface area (Å²) in [6, 6.07) is 0.858. The first-order chi connectivity index (χ1) is 6.75. The van der Waals surface area contributed by atoms with Gasteiger partial charge in [-0.2, -0.15) is 0 Å². The molecule has 2 heteroatoms. The molecule has 0 aromatic heterocycles. The lowest BCUT2D eigenvalue weighted by Gasteiger charge is -2.27. The van der Waals surface area contributed by atoms with Crippen molar-refractivity contribution in [1.82, 2.24) is 10.2 Å². The van der Waals surface area contributed by atoms with Gasteiger partial charge in [-0.3, -0.25) is 0 Å². The molecule has 1 atom stereocenters. The Morgan fingerprint density at radius 2 is 2.21 bits per heavy atom. The Morgan fingerprint density at radius 1 is 1.43 bits per heavy atom. The molecule has 1 aliphatic rings. The zero-order valence-corrected chi connectivity index (χ0v) is 10.1. The molecule has 1 fully saturated rings. The van der Waals surface area contributed by atoms with E-state index in [2.05, 4.69) is 31.0 Å². The van der Waals surface area contributed by atoms with Crippen LogP contribution in [0.2, 0.25) is 0 Å². The summed E-state index contributed by atoms with van der Waals surface area (Å²) in [4.78, 5) is 2.68. The highest BCUT2D eigenvalue weighted by Crippen LogP contribution is 2.23. The van der Waals surface area contributed by atoms with E-state index in [0.717, 1.165) is 18.5 Å². The van der Waals surface area contributed by atoms with Crippen molar-refractivity contribution in [2.24, 2.45) is 5.92 Å². The standard InChI is InChI=1S/C12H26N2/c1-4-13-8-6-10-14-9-5-7-12(14)11(2)3/h11-13H,4-10H2,1-3H3. The van der Waals surface area contributed by atoms with E-state index in [1.165, 1.54) is 38.9 Å². The van der Waals surface area contributed by atoms with Crippen molar-refractivity contribution in [2.45, 2.75) is 46.1 Å². The molecular weight excluding hydrogens is 172 g/mol. The number of rotatable bonds is 6. The summed E-state index contributed by atoms with van der Waals surface area (Å²) < 4.78 is 0. The average molecular weight is 198 g/mol. The average Bonchev–Trinajstić information content (AvgIpc) is 2.60. The predicted octanol–water partition coefficient (Wildman–Crippen LogP) is 2.11. The van der Waals surface area contributed by atoms with Crippen molar-refractivity contribution in [3.05, 3.63) is 0 Å². The molecule has 1 aliphatic heterocycles. The highest BCUT2D eigenvalue weighted by molar-refractivity contribution is 4.81. The summed E-state index contributed by atoms with van der Waals surface area (Å²) in [5.41, 5.74) is 0. The number of nitrogens with zero attached hydrogens (tertiary/aromatic N) is 1. The molecule has 0 aromatic carbocycles. The van der Waals surface area contributed by atoms with Gasteiger partial charge in [-0.25, -0.2) is 0 Å². The normalized spacial score (nSPS) is 23.6. The summed E-state index contributed by atoms with van der Waals surface area (Å²) in [6.45, 7) is 11.8. The molecule has 0 aliphatic carbocycles. The quantitative estimate of drug-likeness (QED) is 0.658. The molecule has 1 saturated heterocycles. The van der Waals surface area contributed by atoms with Crippen LogP contribution in [0.1, 0.15) is 40.0 Å². The molecule has 2 nitrogen and oxygen atoms in total. The van der Waals surface area contributed by atoms with Crippen LogP contribution in [-0.2, 0) is 0 Å². The molecule has 0 spiro atoms. The summed E-state index contributed by atoms with van der Waals surface area (Å²) in [6.07, 6.45) is 4.12. The fourth-order valence-electron chi connectivity index (χ4n) is 2.47. The van der Waals surface area contributed by atoms with Crippen LogP contribution < -0.4 is 5.32 Å². The minimum atomic E-state index is 0.830. The maximum atomic E-state index is 3.39.